The molecule has 0 heterocycles. The normalized spacial score (nSPS) is 50.1. The van der Waals surface area contributed by atoms with Crippen molar-refractivity contribution in [3.05, 3.63) is 12.7 Å². The highest BCUT2D eigenvalue weighted by atomic mass is 32.2. The molecule has 6 nitrogen and oxygen atoms in total. The molecule has 35 heavy (non-hydrogen) atoms. The maximum atomic E-state index is 13.5. The number of esters is 1. The van der Waals surface area contributed by atoms with Crippen LogP contribution < -0.4 is 5.73 Å². The molecule has 4 aliphatic carbocycles. The fourth-order valence-corrected chi connectivity index (χ4v) is 9.27. The number of hydrogen-bond acceptors (Lipinski definition) is 7. The van der Waals surface area contributed by atoms with Crippen molar-refractivity contribution in [1.29, 1.82) is 0 Å². The molecule has 198 valence electrons. The lowest BCUT2D eigenvalue weighted by atomic mass is 9.44. The molecule has 2 bridgehead atoms. The maximum Gasteiger partial charge on any atom is 0.316 e. The Hall–Kier alpha value is -0.890. The van der Waals surface area contributed by atoms with E-state index in [4.69, 9.17) is 10.5 Å². The van der Waals surface area contributed by atoms with E-state index in [1.807, 2.05) is 13.0 Å². The summed E-state index contributed by atoms with van der Waals surface area (Å²) in [5.41, 5.74) is 4.57. The number of Topliss-reactive ketones (excluding diaryl/α,β-unsaturated/α-hetero) is 1. The van der Waals surface area contributed by atoms with E-state index in [2.05, 4.69) is 27.4 Å². The first-order valence-electron chi connectivity index (χ1n) is 13.5. The summed E-state index contributed by atoms with van der Waals surface area (Å²) in [4.78, 5) is 26.7. The van der Waals surface area contributed by atoms with Gasteiger partial charge in [-0.05, 0) is 62.2 Å². The fraction of sp³-hybridized carbons (Fsp3) is 0.857. The van der Waals surface area contributed by atoms with Crippen LogP contribution in [0, 0.1) is 34.0 Å². The summed E-state index contributed by atoms with van der Waals surface area (Å²) in [5, 5.41) is 22.0. The standard InChI is InChI=1S/C28H45NO5S/c1-6-26(4)14-22(34-23(32)15-35-21-8-7-18(29)13-20(21)31)27(5)16(2)9-11-28(17(3)25(26)33)12-10-19(30)24(27)28/h6,16-18,20-22,24-25,31,33H,1,7-15,29H2,2-5H3. The van der Waals surface area contributed by atoms with Crippen molar-refractivity contribution in [2.45, 2.75) is 109 Å². The average molecular weight is 508 g/mol. The number of ether oxygens (including phenoxy) is 1. The molecule has 0 aromatic rings. The Kier molecular flexibility index (Phi) is 7.58. The van der Waals surface area contributed by atoms with Gasteiger partial charge in [-0.15, -0.1) is 18.3 Å². The first-order chi connectivity index (χ1) is 16.4. The van der Waals surface area contributed by atoms with Crippen molar-refractivity contribution in [3.8, 4) is 0 Å². The third kappa shape index (κ3) is 4.42. The summed E-state index contributed by atoms with van der Waals surface area (Å²) >= 11 is 1.45. The molecular weight excluding hydrogens is 462 g/mol. The van der Waals surface area contributed by atoms with Crippen LogP contribution in [0.3, 0.4) is 0 Å². The minimum Gasteiger partial charge on any atom is -0.461 e. The molecule has 7 heteroatoms. The molecule has 0 spiro atoms. The van der Waals surface area contributed by atoms with Crippen LogP contribution in [0.2, 0.25) is 0 Å². The third-order valence-electron chi connectivity index (χ3n) is 10.8. The number of ketones is 1. The Morgan fingerprint density at radius 3 is 2.60 bits per heavy atom. The van der Waals surface area contributed by atoms with Gasteiger partial charge in [0.25, 0.3) is 0 Å². The van der Waals surface area contributed by atoms with Crippen LogP contribution >= 0.6 is 11.8 Å². The van der Waals surface area contributed by atoms with Gasteiger partial charge in [-0.1, -0.05) is 33.8 Å². The molecule has 4 N–H and O–H groups in total. The number of aliphatic hydroxyl groups excluding tert-OH is 2. The number of thioether (sulfide) groups is 1. The quantitative estimate of drug-likeness (QED) is 0.383. The Morgan fingerprint density at radius 1 is 1.23 bits per heavy atom. The summed E-state index contributed by atoms with van der Waals surface area (Å²) < 4.78 is 6.29. The van der Waals surface area contributed by atoms with Crippen molar-refractivity contribution >= 4 is 23.5 Å². The van der Waals surface area contributed by atoms with E-state index in [0.717, 1.165) is 32.1 Å². The zero-order chi connectivity index (χ0) is 25.8. The molecule has 4 aliphatic rings. The summed E-state index contributed by atoms with van der Waals surface area (Å²) in [6, 6.07) is 0.0195. The number of aliphatic hydroxyl groups is 2. The lowest BCUT2D eigenvalue weighted by molar-refractivity contribution is -0.205. The lowest BCUT2D eigenvalue weighted by Gasteiger charge is -2.61. The van der Waals surface area contributed by atoms with Crippen LogP contribution in [0.4, 0.5) is 0 Å². The van der Waals surface area contributed by atoms with Gasteiger partial charge >= 0.3 is 5.97 Å². The molecule has 11 atom stereocenters. The van der Waals surface area contributed by atoms with Gasteiger partial charge in [-0.3, -0.25) is 9.59 Å². The smallest absolute Gasteiger partial charge is 0.316 e. The number of carbonyl (C=O) groups is 2. The Bertz CT molecular complexity index is 851. The van der Waals surface area contributed by atoms with E-state index in [-0.39, 0.29) is 52.0 Å². The number of hydrogen-bond donors (Lipinski definition) is 3. The van der Waals surface area contributed by atoms with Gasteiger partial charge in [0.05, 0.1) is 18.0 Å². The summed E-state index contributed by atoms with van der Waals surface area (Å²) in [7, 11) is 0. The molecule has 11 unspecified atom stereocenters. The zero-order valence-corrected chi connectivity index (χ0v) is 22.7. The van der Waals surface area contributed by atoms with E-state index < -0.39 is 29.1 Å². The van der Waals surface area contributed by atoms with Gasteiger partial charge in [-0.25, -0.2) is 0 Å². The predicted octanol–water partition coefficient (Wildman–Crippen LogP) is 3.87. The molecule has 0 aromatic carbocycles. The minimum absolute atomic E-state index is 0.0194. The third-order valence-corrected chi connectivity index (χ3v) is 12.2. The highest BCUT2D eigenvalue weighted by molar-refractivity contribution is 8.00. The summed E-state index contributed by atoms with van der Waals surface area (Å²) in [5.74, 6) is 0.0613. The molecule has 0 aromatic heterocycles. The van der Waals surface area contributed by atoms with E-state index in [9.17, 15) is 19.8 Å². The highest BCUT2D eigenvalue weighted by Gasteiger charge is 2.68. The van der Waals surface area contributed by atoms with Gasteiger partial charge < -0.3 is 20.7 Å². The van der Waals surface area contributed by atoms with Gasteiger partial charge in [0.15, 0.2) is 0 Å². The predicted molar refractivity (Wildman–Crippen MR) is 139 cm³/mol. The molecule has 4 rings (SSSR count). The summed E-state index contributed by atoms with van der Waals surface area (Å²) in [6.45, 7) is 12.5. The fourth-order valence-electron chi connectivity index (χ4n) is 8.21. The Labute approximate surface area is 214 Å². The topological polar surface area (TPSA) is 110 Å². The first kappa shape index (κ1) is 27.2. The molecule has 0 amide bonds. The van der Waals surface area contributed by atoms with Crippen molar-refractivity contribution < 1.29 is 24.5 Å². The maximum absolute atomic E-state index is 13.5. The second kappa shape index (κ2) is 9.77. The van der Waals surface area contributed by atoms with E-state index in [1.54, 1.807) is 0 Å². The second-order valence-corrected chi connectivity index (χ2v) is 13.8. The van der Waals surface area contributed by atoms with E-state index in [1.165, 1.54) is 11.8 Å². The lowest BCUT2D eigenvalue weighted by Crippen LogP contribution is -2.63. The van der Waals surface area contributed by atoms with Crippen LogP contribution in [-0.2, 0) is 14.3 Å². The Morgan fingerprint density at radius 2 is 1.94 bits per heavy atom. The van der Waals surface area contributed by atoms with Gasteiger partial charge in [0.2, 0.25) is 0 Å². The SMILES string of the molecule is C=CC1(C)CC(OC(=O)CSC2CCC(N)CC2O)C2(C)C(C)CCC3(CCC(=O)C32)C(C)C1O. The highest BCUT2D eigenvalue weighted by Crippen LogP contribution is 2.68. The van der Waals surface area contributed by atoms with Gasteiger partial charge in [-0.2, -0.15) is 0 Å². The van der Waals surface area contributed by atoms with Gasteiger partial charge in [0, 0.05) is 34.5 Å². The first-order valence-corrected chi connectivity index (χ1v) is 14.5. The zero-order valence-electron chi connectivity index (χ0n) is 21.9. The number of rotatable bonds is 5. The van der Waals surface area contributed by atoms with Crippen LogP contribution in [0.5, 0.6) is 0 Å². The van der Waals surface area contributed by atoms with Gasteiger partial charge in [0.1, 0.15) is 11.9 Å². The van der Waals surface area contributed by atoms with Crippen LogP contribution in [0.25, 0.3) is 0 Å². The Balaban J connectivity index is 1.62. The number of nitrogens with two attached hydrogens (primary N) is 1. The van der Waals surface area contributed by atoms with Crippen molar-refractivity contribution in [2.24, 2.45) is 39.7 Å². The summed E-state index contributed by atoms with van der Waals surface area (Å²) in [6.07, 6.45) is 6.01. The average Bonchev–Trinajstić information content (AvgIpc) is 3.17. The molecular formula is C28H45NO5S. The van der Waals surface area contributed by atoms with Crippen molar-refractivity contribution in [3.63, 3.8) is 0 Å². The van der Waals surface area contributed by atoms with E-state index in [0.29, 0.717) is 19.3 Å². The molecule has 0 saturated heterocycles. The largest absolute Gasteiger partial charge is 0.461 e. The van der Waals surface area contributed by atoms with Crippen LogP contribution in [0.1, 0.15) is 79.1 Å². The second-order valence-electron chi connectivity index (χ2n) is 12.6. The molecule has 4 fully saturated rings. The molecule has 0 radical (unpaired) electrons. The molecule has 0 aliphatic heterocycles. The van der Waals surface area contributed by atoms with Crippen molar-refractivity contribution in [2.75, 3.05) is 5.75 Å². The number of carbonyl (C=O) groups excluding carboxylic acids is 2. The van der Waals surface area contributed by atoms with Crippen molar-refractivity contribution in [1.82, 2.24) is 0 Å². The molecule has 4 saturated carbocycles. The van der Waals surface area contributed by atoms with E-state index >= 15 is 0 Å². The monoisotopic (exact) mass is 507 g/mol. The minimum atomic E-state index is -0.663. The van der Waals surface area contributed by atoms with Crippen LogP contribution in [-0.4, -0.2) is 57.3 Å². The van der Waals surface area contributed by atoms with Crippen LogP contribution in [0.15, 0.2) is 12.7 Å².